The molecule has 1 unspecified atom stereocenters. The third-order valence-corrected chi connectivity index (χ3v) is 4.13. The van der Waals surface area contributed by atoms with Crippen molar-refractivity contribution in [3.05, 3.63) is 41.6 Å². The van der Waals surface area contributed by atoms with Gasteiger partial charge in [0.1, 0.15) is 5.82 Å². The predicted octanol–water partition coefficient (Wildman–Crippen LogP) is 4.07. The minimum absolute atomic E-state index is 0.678. The molecule has 3 rings (SSSR count). The Kier molecular flexibility index (Phi) is 4.27. The Bertz CT molecular complexity index is 636. The average molecular weight is 296 g/mol. The predicted molar refractivity (Wildman–Crippen MR) is 91.8 cm³/mol. The lowest BCUT2D eigenvalue weighted by Crippen LogP contribution is -2.35. The third kappa shape index (κ3) is 3.56. The Hall–Kier alpha value is -2.10. The summed E-state index contributed by atoms with van der Waals surface area (Å²) in [6, 6.07) is 10.4. The van der Waals surface area contributed by atoms with Gasteiger partial charge in [0.25, 0.3) is 0 Å². The first kappa shape index (κ1) is 14.8. The molecule has 1 N–H and O–H groups in total. The zero-order valence-corrected chi connectivity index (χ0v) is 13.6. The van der Waals surface area contributed by atoms with Crippen LogP contribution in [0.1, 0.15) is 31.0 Å². The van der Waals surface area contributed by atoms with Gasteiger partial charge in [0.2, 0.25) is 5.95 Å². The molecule has 4 nitrogen and oxygen atoms in total. The van der Waals surface area contributed by atoms with E-state index in [2.05, 4.69) is 59.4 Å². The van der Waals surface area contributed by atoms with Gasteiger partial charge in [-0.1, -0.05) is 24.6 Å². The zero-order valence-electron chi connectivity index (χ0n) is 13.6. The zero-order chi connectivity index (χ0) is 15.5. The van der Waals surface area contributed by atoms with E-state index in [4.69, 9.17) is 4.98 Å². The minimum atomic E-state index is 0.678. The van der Waals surface area contributed by atoms with E-state index in [1.807, 2.05) is 6.92 Å². The number of piperidine rings is 1. The van der Waals surface area contributed by atoms with Crippen molar-refractivity contribution in [2.24, 2.45) is 5.92 Å². The van der Waals surface area contributed by atoms with Gasteiger partial charge in [-0.2, -0.15) is 4.98 Å². The second-order valence-electron chi connectivity index (χ2n) is 6.38. The second-order valence-corrected chi connectivity index (χ2v) is 6.38. The molecule has 2 heterocycles. The molecule has 4 heteroatoms. The Balaban J connectivity index is 1.81. The van der Waals surface area contributed by atoms with Gasteiger partial charge in [-0.15, -0.1) is 0 Å². The molecule has 0 radical (unpaired) electrons. The molecule has 1 aliphatic heterocycles. The van der Waals surface area contributed by atoms with Gasteiger partial charge in [0, 0.05) is 30.5 Å². The van der Waals surface area contributed by atoms with Crippen molar-refractivity contribution in [3.63, 3.8) is 0 Å². The molecular formula is C18H24N4. The van der Waals surface area contributed by atoms with E-state index >= 15 is 0 Å². The van der Waals surface area contributed by atoms with E-state index in [-0.39, 0.29) is 0 Å². The monoisotopic (exact) mass is 296 g/mol. The van der Waals surface area contributed by atoms with Gasteiger partial charge in [0.15, 0.2) is 0 Å². The lowest BCUT2D eigenvalue weighted by molar-refractivity contribution is 0.444. The summed E-state index contributed by atoms with van der Waals surface area (Å²) >= 11 is 0. The van der Waals surface area contributed by atoms with Crippen molar-refractivity contribution < 1.29 is 0 Å². The van der Waals surface area contributed by atoms with Crippen molar-refractivity contribution in [2.45, 2.75) is 33.6 Å². The summed E-state index contributed by atoms with van der Waals surface area (Å²) in [5, 5.41) is 3.31. The van der Waals surface area contributed by atoms with Gasteiger partial charge in [0.05, 0.1) is 0 Å². The summed E-state index contributed by atoms with van der Waals surface area (Å²) < 4.78 is 0. The molecule has 116 valence electrons. The first-order valence-electron chi connectivity index (χ1n) is 8.04. The van der Waals surface area contributed by atoms with Crippen LogP contribution >= 0.6 is 0 Å². The fourth-order valence-electron chi connectivity index (χ4n) is 2.93. The molecular weight excluding hydrogens is 272 g/mol. The number of anilines is 3. The maximum atomic E-state index is 4.71. The summed E-state index contributed by atoms with van der Waals surface area (Å²) in [6.07, 6.45) is 2.56. The standard InChI is InChI=1S/C18H24N4/c1-13-6-8-16(9-7-13)20-18-19-15(3)11-17(21-18)22-10-4-5-14(2)12-22/h6-9,11,14H,4-5,10,12H2,1-3H3,(H,19,20,21). The average Bonchev–Trinajstić information content (AvgIpc) is 2.49. The van der Waals surface area contributed by atoms with Crippen molar-refractivity contribution >= 4 is 17.5 Å². The summed E-state index contributed by atoms with van der Waals surface area (Å²) in [5.41, 5.74) is 3.27. The quantitative estimate of drug-likeness (QED) is 0.927. The Morgan fingerprint density at radius 2 is 1.91 bits per heavy atom. The van der Waals surface area contributed by atoms with Crippen LogP contribution in [0.25, 0.3) is 0 Å². The van der Waals surface area contributed by atoms with Crippen LogP contribution < -0.4 is 10.2 Å². The first-order chi connectivity index (χ1) is 10.6. The van der Waals surface area contributed by atoms with E-state index in [0.29, 0.717) is 5.95 Å². The molecule has 22 heavy (non-hydrogen) atoms. The van der Waals surface area contributed by atoms with Crippen molar-refractivity contribution in [1.29, 1.82) is 0 Å². The molecule has 0 saturated carbocycles. The van der Waals surface area contributed by atoms with Crippen molar-refractivity contribution in [3.8, 4) is 0 Å². The number of rotatable bonds is 3. The molecule has 2 aromatic rings. The summed E-state index contributed by atoms with van der Waals surface area (Å²) in [6.45, 7) is 8.60. The topological polar surface area (TPSA) is 41.1 Å². The largest absolute Gasteiger partial charge is 0.356 e. The van der Waals surface area contributed by atoms with Crippen LogP contribution in [-0.2, 0) is 0 Å². The molecule has 0 amide bonds. The maximum absolute atomic E-state index is 4.71. The van der Waals surface area contributed by atoms with Gasteiger partial charge in [-0.3, -0.25) is 0 Å². The Morgan fingerprint density at radius 1 is 1.14 bits per heavy atom. The lowest BCUT2D eigenvalue weighted by atomic mass is 10.0. The Morgan fingerprint density at radius 3 is 2.64 bits per heavy atom. The lowest BCUT2D eigenvalue weighted by Gasteiger charge is -2.32. The van der Waals surface area contributed by atoms with Crippen molar-refractivity contribution in [2.75, 3.05) is 23.3 Å². The summed E-state index contributed by atoms with van der Waals surface area (Å²) in [5.74, 6) is 2.45. The SMILES string of the molecule is Cc1ccc(Nc2nc(C)cc(N3CCCC(C)C3)n2)cc1. The molecule has 1 aromatic carbocycles. The first-order valence-corrected chi connectivity index (χ1v) is 8.04. The van der Waals surface area contributed by atoms with Gasteiger partial charge >= 0.3 is 0 Å². The van der Waals surface area contributed by atoms with Crippen LogP contribution in [0.2, 0.25) is 0 Å². The molecule has 1 atom stereocenters. The van der Waals surface area contributed by atoms with Gasteiger partial charge < -0.3 is 10.2 Å². The fraction of sp³-hybridized carbons (Fsp3) is 0.444. The summed E-state index contributed by atoms with van der Waals surface area (Å²) in [4.78, 5) is 11.6. The number of nitrogens with zero attached hydrogens (tertiary/aromatic N) is 3. The maximum Gasteiger partial charge on any atom is 0.229 e. The second kappa shape index (κ2) is 6.34. The normalized spacial score (nSPS) is 18.3. The minimum Gasteiger partial charge on any atom is -0.356 e. The molecule has 1 aliphatic rings. The molecule has 1 fully saturated rings. The highest BCUT2D eigenvalue weighted by Crippen LogP contribution is 2.23. The third-order valence-electron chi connectivity index (χ3n) is 4.13. The molecule has 0 spiro atoms. The van der Waals surface area contributed by atoms with Crippen LogP contribution in [0.4, 0.5) is 17.5 Å². The van der Waals surface area contributed by atoms with Crippen LogP contribution in [0.15, 0.2) is 30.3 Å². The Labute approximate surface area is 132 Å². The highest BCUT2D eigenvalue weighted by molar-refractivity contribution is 5.56. The number of benzene rings is 1. The highest BCUT2D eigenvalue weighted by atomic mass is 15.2. The van der Waals surface area contributed by atoms with Crippen LogP contribution in [0.3, 0.4) is 0 Å². The smallest absolute Gasteiger partial charge is 0.229 e. The number of aromatic nitrogens is 2. The van der Waals surface area contributed by atoms with Crippen LogP contribution in [0, 0.1) is 19.8 Å². The summed E-state index contributed by atoms with van der Waals surface area (Å²) in [7, 11) is 0. The van der Waals surface area contributed by atoms with Gasteiger partial charge in [-0.05, 0) is 44.7 Å². The van der Waals surface area contributed by atoms with E-state index in [0.717, 1.165) is 36.2 Å². The highest BCUT2D eigenvalue weighted by Gasteiger charge is 2.18. The number of nitrogens with one attached hydrogen (secondary N) is 1. The van der Waals surface area contributed by atoms with E-state index in [1.165, 1.54) is 18.4 Å². The van der Waals surface area contributed by atoms with E-state index in [9.17, 15) is 0 Å². The van der Waals surface area contributed by atoms with Crippen LogP contribution in [-0.4, -0.2) is 23.1 Å². The van der Waals surface area contributed by atoms with E-state index < -0.39 is 0 Å². The van der Waals surface area contributed by atoms with E-state index in [1.54, 1.807) is 0 Å². The van der Waals surface area contributed by atoms with Crippen molar-refractivity contribution in [1.82, 2.24) is 9.97 Å². The molecule has 0 aliphatic carbocycles. The molecule has 1 saturated heterocycles. The van der Waals surface area contributed by atoms with Crippen LogP contribution in [0.5, 0.6) is 0 Å². The molecule has 1 aromatic heterocycles. The number of aryl methyl sites for hydroxylation is 2. The number of hydrogen-bond donors (Lipinski definition) is 1. The van der Waals surface area contributed by atoms with Gasteiger partial charge in [-0.25, -0.2) is 4.98 Å². The number of hydrogen-bond acceptors (Lipinski definition) is 4. The fourth-order valence-corrected chi connectivity index (χ4v) is 2.93. The molecule has 0 bridgehead atoms.